The predicted octanol–water partition coefficient (Wildman–Crippen LogP) is 2.43. The zero-order valence-electron chi connectivity index (χ0n) is 18.8. The molecule has 0 bridgehead atoms. The molecule has 3 heterocycles. The van der Waals surface area contributed by atoms with Gasteiger partial charge in [0.25, 0.3) is 5.91 Å². The molecule has 1 atom stereocenters. The van der Waals surface area contributed by atoms with E-state index in [1.165, 1.54) is 0 Å². The Morgan fingerprint density at radius 2 is 1.65 bits per heavy atom. The number of benzene rings is 1. The number of nitrogens with zero attached hydrogens (tertiary/aromatic N) is 3. The van der Waals surface area contributed by atoms with Gasteiger partial charge in [-0.3, -0.25) is 19.3 Å². The van der Waals surface area contributed by atoms with E-state index < -0.39 is 11.8 Å². The SMILES string of the molecule is Cc1ccccc1C(=O)N1C(C(=O)N2CCCC2)COC12CCN(C(=O)C(C)C)CC2. The molecule has 3 amide bonds. The summed E-state index contributed by atoms with van der Waals surface area (Å²) in [5, 5.41) is 0. The van der Waals surface area contributed by atoms with E-state index in [1.54, 1.807) is 4.90 Å². The van der Waals surface area contributed by atoms with Crippen LogP contribution in [0.4, 0.5) is 0 Å². The molecule has 4 rings (SSSR count). The lowest BCUT2D eigenvalue weighted by Gasteiger charge is -2.45. The van der Waals surface area contributed by atoms with E-state index in [2.05, 4.69) is 0 Å². The fourth-order valence-corrected chi connectivity index (χ4v) is 5.09. The van der Waals surface area contributed by atoms with Crippen molar-refractivity contribution in [2.45, 2.75) is 58.2 Å². The van der Waals surface area contributed by atoms with Crippen molar-refractivity contribution >= 4 is 17.7 Å². The summed E-state index contributed by atoms with van der Waals surface area (Å²) in [6, 6.07) is 6.88. The number of hydrogen-bond donors (Lipinski definition) is 0. The first-order valence-corrected chi connectivity index (χ1v) is 11.4. The average molecular weight is 428 g/mol. The van der Waals surface area contributed by atoms with Crippen LogP contribution in [0, 0.1) is 12.8 Å². The second-order valence-electron chi connectivity index (χ2n) is 9.28. The zero-order chi connectivity index (χ0) is 22.2. The molecule has 7 heteroatoms. The first-order valence-electron chi connectivity index (χ1n) is 11.4. The lowest BCUT2D eigenvalue weighted by Crippen LogP contribution is -2.60. The minimum absolute atomic E-state index is 0.0167. The molecular weight excluding hydrogens is 394 g/mol. The Morgan fingerprint density at radius 1 is 1.00 bits per heavy atom. The van der Waals surface area contributed by atoms with Gasteiger partial charge in [-0.15, -0.1) is 0 Å². The topological polar surface area (TPSA) is 70.2 Å². The van der Waals surface area contributed by atoms with Crippen LogP contribution in [0.1, 0.15) is 55.5 Å². The van der Waals surface area contributed by atoms with Crippen LogP contribution in [0.2, 0.25) is 0 Å². The van der Waals surface area contributed by atoms with Crippen LogP contribution in [0.15, 0.2) is 24.3 Å². The molecule has 168 valence electrons. The minimum atomic E-state index is -0.840. The third kappa shape index (κ3) is 3.95. The van der Waals surface area contributed by atoms with Gasteiger partial charge in [-0.05, 0) is 31.4 Å². The van der Waals surface area contributed by atoms with E-state index in [9.17, 15) is 14.4 Å². The van der Waals surface area contributed by atoms with Crippen LogP contribution in [0.3, 0.4) is 0 Å². The summed E-state index contributed by atoms with van der Waals surface area (Å²) in [6.07, 6.45) is 3.05. The lowest BCUT2D eigenvalue weighted by atomic mass is 9.95. The average Bonchev–Trinajstić information content (AvgIpc) is 3.42. The molecule has 3 aliphatic heterocycles. The van der Waals surface area contributed by atoms with E-state index in [0.29, 0.717) is 31.5 Å². The summed E-state index contributed by atoms with van der Waals surface area (Å²) in [4.78, 5) is 45.0. The monoisotopic (exact) mass is 427 g/mol. The molecule has 0 aliphatic carbocycles. The number of piperidine rings is 1. The molecule has 7 nitrogen and oxygen atoms in total. The van der Waals surface area contributed by atoms with Gasteiger partial charge in [-0.25, -0.2) is 0 Å². The number of carbonyl (C=O) groups is 3. The third-order valence-electron chi connectivity index (χ3n) is 6.91. The molecule has 1 aromatic rings. The van der Waals surface area contributed by atoms with Crippen LogP contribution in [-0.2, 0) is 14.3 Å². The Morgan fingerprint density at radius 3 is 2.26 bits per heavy atom. The highest BCUT2D eigenvalue weighted by atomic mass is 16.5. The Kier molecular flexibility index (Phi) is 6.06. The van der Waals surface area contributed by atoms with Crippen LogP contribution in [0.5, 0.6) is 0 Å². The normalized spacial score (nSPS) is 23.1. The van der Waals surface area contributed by atoms with Crippen LogP contribution in [0.25, 0.3) is 0 Å². The molecule has 1 aromatic carbocycles. The van der Waals surface area contributed by atoms with Gasteiger partial charge >= 0.3 is 0 Å². The molecule has 0 saturated carbocycles. The molecule has 3 saturated heterocycles. The highest BCUT2D eigenvalue weighted by Crippen LogP contribution is 2.39. The minimum Gasteiger partial charge on any atom is -0.353 e. The van der Waals surface area contributed by atoms with Gasteiger partial charge in [0.05, 0.1) is 6.61 Å². The van der Waals surface area contributed by atoms with Gasteiger partial charge in [0.15, 0.2) is 0 Å². The van der Waals surface area contributed by atoms with Crippen LogP contribution < -0.4 is 0 Å². The van der Waals surface area contributed by atoms with E-state index >= 15 is 0 Å². The molecule has 0 aromatic heterocycles. The Bertz CT molecular complexity index is 854. The highest BCUT2D eigenvalue weighted by molar-refractivity contribution is 5.99. The van der Waals surface area contributed by atoms with Crippen molar-refractivity contribution in [1.82, 2.24) is 14.7 Å². The summed E-state index contributed by atoms with van der Waals surface area (Å²) < 4.78 is 6.28. The molecule has 3 aliphatic rings. The van der Waals surface area contributed by atoms with Gasteiger partial charge in [0.1, 0.15) is 11.8 Å². The van der Waals surface area contributed by atoms with Gasteiger partial charge < -0.3 is 14.5 Å². The first-order chi connectivity index (χ1) is 14.8. The molecule has 1 unspecified atom stereocenters. The van der Waals surface area contributed by atoms with E-state index in [1.807, 2.05) is 54.8 Å². The Labute approximate surface area is 184 Å². The molecule has 0 radical (unpaired) electrons. The van der Waals surface area contributed by atoms with Crippen molar-refractivity contribution < 1.29 is 19.1 Å². The maximum absolute atomic E-state index is 13.8. The highest BCUT2D eigenvalue weighted by Gasteiger charge is 2.55. The Hall–Kier alpha value is -2.41. The smallest absolute Gasteiger partial charge is 0.257 e. The van der Waals surface area contributed by atoms with Crippen molar-refractivity contribution in [1.29, 1.82) is 0 Å². The molecule has 31 heavy (non-hydrogen) atoms. The quantitative estimate of drug-likeness (QED) is 0.743. The summed E-state index contributed by atoms with van der Waals surface area (Å²) in [7, 11) is 0. The van der Waals surface area contributed by atoms with E-state index in [4.69, 9.17) is 4.74 Å². The maximum atomic E-state index is 13.8. The lowest BCUT2D eigenvalue weighted by molar-refractivity contribution is -0.147. The summed E-state index contributed by atoms with van der Waals surface area (Å²) >= 11 is 0. The van der Waals surface area contributed by atoms with Crippen molar-refractivity contribution in [2.75, 3.05) is 32.8 Å². The maximum Gasteiger partial charge on any atom is 0.257 e. The number of aryl methyl sites for hydroxylation is 1. The second kappa shape index (κ2) is 8.61. The van der Waals surface area contributed by atoms with Crippen LogP contribution in [-0.4, -0.2) is 77.0 Å². The van der Waals surface area contributed by atoms with Crippen molar-refractivity contribution in [3.05, 3.63) is 35.4 Å². The predicted molar refractivity (Wildman–Crippen MR) is 116 cm³/mol. The second-order valence-corrected chi connectivity index (χ2v) is 9.28. The summed E-state index contributed by atoms with van der Waals surface area (Å²) in [5.74, 6) is -0.115. The largest absolute Gasteiger partial charge is 0.353 e. The van der Waals surface area contributed by atoms with Crippen molar-refractivity contribution in [3.63, 3.8) is 0 Å². The number of carbonyl (C=O) groups excluding carboxylic acids is 3. The van der Waals surface area contributed by atoms with Crippen molar-refractivity contribution in [2.24, 2.45) is 5.92 Å². The number of likely N-dealkylation sites (tertiary alicyclic amines) is 2. The third-order valence-corrected chi connectivity index (χ3v) is 6.91. The fourth-order valence-electron chi connectivity index (χ4n) is 5.09. The van der Waals surface area contributed by atoms with Gasteiger partial charge in [0.2, 0.25) is 11.8 Å². The van der Waals surface area contributed by atoms with Gasteiger partial charge in [-0.1, -0.05) is 32.0 Å². The van der Waals surface area contributed by atoms with Gasteiger partial charge in [0, 0.05) is 50.5 Å². The summed E-state index contributed by atoms with van der Waals surface area (Å²) in [6.45, 7) is 8.47. The van der Waals surface area contributed by atoms with E-state index in [0.717, 1.165) is 31.5 Å². The molecule has 0 N–H and O–H groups in total. The summed E-state index contributed by atoms with van der Waals surface area (Å²) in [5.41, 5.74) is 0.648. The number of rotatable bonds is 3. The number of amides is 3. The molecular formula is C24H33N3O4. The fraction of sp³-hybridized carbons (Fsp3) is 0.625. The van der Waals surface area contributed by atoms with Crippen molar-refractivity contribution in [3.8, 4) is 0 Å². The van der Waals surface area contributed by atoms with Crippen LogP contribution >= 0.6 is 0 Å². The number of ether oxygens (including phenoxy) is 1. The Balaban J connectivity index is 1.63. The molecule has 3 fully saturated rings. The van der Waals surface area contributed by atoms with E-state index in [-0.39, 0.29) is 30.2 Å². The first kappa shape index (κ1) is 21.8. The standard InChI is InChI=1S/C24H33N3O4/c1-17(2)21(28)26-14-10-24(11-15-26)27(22(29)19-9-5-4-8-18(19)3)20(16-31-24)23(30)25-12-6-7-13-25/h4-5,8-9,17,20H,6-7,10-16H2,1-3H3. The zero-order valence-corrected chi connectivity index (χ0v) is 18.8. The molecule has 1 spiro atoms. The van der Waals surface area contributed by atoms with Gasteiger partial charge in [-0.2, -0.15) is 0 Å². The number of hydrogen-bond acceptors (Lipinski definition) is 4.